The van der Waals surface area contributed by atoms with Gasteiger partial charge in [-0.3, -0.25) is 0 Å². The van der Waals surface area contributed by atoms with Crippen molar-refractivity contribution in [3.05, 3.63) is 0 Å². The van der Waals surface area contributed by atoms with Gasteiger partial charge in [0.25, 0.3) is 0 Å². The predicted molar refractivity (Wildman–Crippen MR) is 58.8 cm³/mol. The maximum Gasteiger partial charge on any atom is 0.422 e. The van der Waals surface area contributed by atoms with E-state index in [-0.39, 0.29) is 11.9 Å². The molecule has 2 heterocycles. The van der Waals surface area contributed by atoms with E-state index in [1.807, 2.05) is 0 Å². The average Bonchev–Trinajstić information content (AvgIpc) is 2.36. The summed E-state index contributed by atoms with van der Waals surface area (Å²) in [7, 11) is 0. The third-order valence-corrected chi connectivity index (χ3v) is 2.28. The van der Waals surface area contributed by atoms with E-state index in [1.54, 1.807) is 4.90 Å². The Bertz CT molecular complexity index is 436. The van der Waals surface area contributed by atoms with Gasteiger partial charge < -0.3 is 20.1 Å². The van der Waals surface area contributed by atoms with Crippen molar-refractivity contribution >= 4 is 11.9 Å². The van der Waals surface area contributed by atoms with E-state index in [4.69, 9.17) is 10.5 Å². The lowest BCUT2D eigenvalue weighted by Gasteiger charge is -2.26. The lowest BCUT2D eigenvalue weighted by atomic mass is 10.4. The standard InChI is InChI=1S/C9H12F3N5O2/c10-9(11,12)5-19-8-15-6(13)14-7(16-8)17-1-3-18-4-2-17/h1-5H2,(H2,13,14,15,16). The predicted octanol–water partition coefficient (Wildman–Crippen LogP) is 0.231. The van der Waals surface area contributed by atoms with Crippen LogP contribution in [0.4, 0.5) is 25.1 Å². The summed E-state index contributed by atoms with van der Waals surface area (Å²) in [6.07, 6.45) is -4.46. The number of halogens is 3. The Morgan fingerprint density at radius 1 is 1.21 bits per heavy atom. The second kappa shape index (κ2) is 5.43. The maximum absolute atomic E-state index is 12.0. The summed E-state index contributed by atoms with van der Waals surface area (Å²) in [5.41, 5.74) is 5.42. The molecule has 0 radical (unpaired) electrons. The topological polar surface area (TPSA) is 86.4 Å². The number of ether oxygens (including phenoxy) is 2. The molecule has 0 aliphatic carbocycles. The fraction of sp³-hybridized carbons (Fsp3) is 0.667. The highest BCUT2D eigenvalue weighted by Gasteiger charge is 2.29. The van der Waals surface area contributed by atoms with Crippen LogP contribution in [-0.2, 0) is 4.74 Å². The molecule has 2 N–H and O–H groups in total. The van der Waals surface area contributed by atoms with E-state index in [1.165, 1.54) is 0 Å². The Hall–Kier alpha value is -1.84. The minimum Gasteiger partial charge on any atom is -0.454 e. The molecule has 0 spiro atoms. The number of nitrogens with two attached hydrogens (primary N) is 1. The molecule has 19 heavy (non-hydrogen) atoms. The molecule has 0 bridgehead atoms. The molecule has 1 aliphatic heterocycles. The van der Waals surface area contributed by atoms with Crippen molar-refractivity contribution in [1.82, 2.24) is 15.0 Å². The quantitative estimate of drug-likeness (QED) is 0.847. The van der Waals surface area contributed by atoms with Crippen molar-refractivity contribution < 1.29 is 22.6 Å². The molecular formula is C9H12F3N5O2. The van der Waals surface area contributed by atoms with Gasteiger partial charge in [0.1, 0.15) is 0 Å². The number of nitrogen functional groups attached to an aromatic ring is 1. The monoisotopic (exact) mass is 279 g/mol. The highest BCUT2D eigenvalue weighted by molar-refractivity contribution is 5.36. The molecule has 1 aromatic heterocycles. The van der Waals surface area contributed by atoms with Gasteiger partial charge in [0.05, 0.1) is 13.2 Å². The average molecular weight is 279 g/mol. The van der Waals surface area contributed by atoms with Crippen molar-refractivity contribution in [1.29, 1.82) is 0 Å². The van der Waals surface area contributed by atoms with Crippen LogP contribution in [0.2, 0.25) is 0 Å². The largest absolute Gasteiger partial charge is 0.454 e. The molecular weight excluding hydrogens is 267 g/mol. The van der Waals surface area contributed by atoms with Crippen LogP contribution in [-0.4, -0.2) is 54.0 Å². The highest BCUT2D eigenvalue weighted by atomic mass is 19.4. The van der Waals surface area contributed by atoms with Crippen LogP contribution < -0.4 is 15.4 Å². The van der Waals surface area contributed by atoms with Crippen LogP contribution >= 0.6 is 0 Å². The molecule has 0 amide bonds. The van der Waals surface area contributed by atoms with E-state index in [2.05, 4.69) is 19.7 Å². The van der Waals surface area contributed by atoms with Crippen molar-refractivity contribution in [2.45, 2.75) is 6.18 Å². The Balaban J connectivity index is 2.10. The normalized spacial score (nSPS) is 16.5. The first-order chi connectivity index (χ1) is 8.94. The number of alkyl halides is 3. The summed E-state index contributed by atoms with van der Waals surface area (Å²) in [5.74, 6) is 0.00152. The first-order valence-electron chi connectivity index (χ1n) is 5.48. The summed E-state index contributed by atoms with van der Waals surface area (Å²) in [6.45, 7) is 0.567. The lowest BCUT2D eigenvalue weighted by molar-refractivity contribution is -0.154. The Morgan fingerprint density at radius 2 is 1.89 bits per heavy atom. The molecule has 0 atom stereocenters. The second-order valence-electron chi connectivity index (χ2n) is 3.78. The summed E-state index contributed by atoms with van der Waals surface area (Å²) >= 11 is 0. The van der Waals surface area contributed by atoms with Crippen molar-refractivity contribution in [3.8, 4) is 6.01 Å². The van der Waals surface area contributed by atoms with E-state index in [0.717, 1.165) is 0 Å². The van der Waals surface area contributed by atoms with Gasteiger partial charge in [0, 0.05) is 13.1 Å². The minimum atomic E-state index is -4.46. The number of hydrogen-bond donors (Lipinski definition) is 1. The van der Waals surface area contributed by atoms with E-state index < -0.39 is 18.8 Å². The Labute approximate surface area is 106 Å². The fourth-order valence-electron chi connectivity index (χ4n) is 1.48. The van der Waals surface area contributed by atoms with Gasteiger partial charge in [-0.2, -0.15) is 28.1 Å². The molecule has 1 aromatic rings. The summed E-state index contributed by atoms with van der Waals surface area (Å²) in [6, 6.07) is -0.439. The van der Waals surface area contributed by atoms with E-state index >= 15 is 0 Å². The summed E-state index contributed by atoms with van der Waals surface area (Å²) < 4.78 is 45.7. The SMILES string of the molecule is Nc1nc(OCC(F)(F)F)nc(N2CCOCC2)n1. The van der Waals surface area contributed by atoms with Crippen LogP contribution in [0.25, 0.3) is 0 Å². The number of hydrogen-bond acceptors (Lipinski definition) is 7. The molecule has 10 heteroatoms. The van der Waals surface area contributed by atoms with Crippen LogP contribution in [0.15, 0.2) is 0 Å². The van der Waals surface area contributed by atoms with Gasteiger partial charge in [-0.15, -0.1) is 0 Å². The molecule has 1 aliphatic rings. The molecule has 0 unspecified atom stereocenters. The van der Waals surface area contributed by atoms with Crippen LogP contribution in [0.5, 0.6) is 6.01 Å². The third kappa shape index (κ3) is 4.09. The summed E-state index contributed by atoms with van der Waals surface area (Å²) in [5, 5.41) is 0. The van der Waals surface area contributed by atoms with Gasteiger partial charge in [0.15, 0.2) is 6.61 Å². The fourth-order valence-corrected chi connectivity index (χ4v) is 1.48. The van der Waals surface area contributed by atoms with Crippen LogP contribution in [0.3, 0.4) is 0 Å². The van der Waals surface area contributed by atoms with Crippen molar-refractivity contribution in [2.75, 3.05) is 43.5 Å². The van der Waals surface area contributed by atoms with Crippen LogP contribution in [0, 0.1) is 0 Å². The molecule has 2 rings (SSSR count). The molecule has 1 saturated heterocycles. The molecule has 106 valence electrons. The lowest BCUT2D eigenvalue weighted by Crippen LogP contribution is -2.37. The molecule has 7 nitrogen and oxygen atoms in total. The number of aromatic nitrogens is 3. The van der Waals surface area contributed by atoms with Gasteiger partial charge >= 0.3 is 12.2 Å². The zero-order valence-electron chi connectivity index (χ0n) is 9.85. The summed E-state index contributed by atoms with van der Waals surface area (Å²) in [4.78, 5) is 12.9. The minimum absolute atomic E-state index is 0.186. The van der Waals surface area contributed by atoms with Gasteiger partial charge in [-0.05, 0) is 0 Å². The second-order valence-corrected chi connectivity index (χ2v) is 3.78. The van der Waals surface area contributed by atoms with Crippen LogP contribution in [0.1, 0.15) is 0 Å². The molecule has 0 saturated carbocycles. The number of anilines is 2. The number of nitrogens with zero attached hydrogens (tertiary/aromatic N) is 4. The zero-order chi connectivity index (χ0) is 13.9. The number of rotatable bonds is 3. The van der Waals surface area contributed by atoms with Crippen molar-refractivity contribution in [3.63, 3.8) is 0 Å². The maximum atomic E-state index is 12.0. The molecule has 0 aromatic carbocycles. The Morgan fingerprint density at radius 3 is 2.53 bits per heavy atom. The zero-order valence-corrected chi connectivity index (χ0v) is 9.85. The smallest absolute Gasteiger partial charge is 0.422 e. The van der Waals surface area contributed by atoms with Crippen molar-refractivity contribution in [2.24, 2.45) is 0 Å². The number of morpholine rings is 1. The first kappa shape index (κ1) is 13.6. The third-order valence-electron chi connectivity index (χ3n) is 2.28. The van der Waals surface area contributed by atoms with Gasteiger partial charge in [-0.25, -0.2) is 0 Å². The van der Waals surface area contributed by atoms with E-state index in [9.17, 15) is 13.2 Å². The first-order valence-corrected chi connectivity index (χ1v) is 5.48. The van der Waals surface area contributed by atoms with Gasteiger partial charge in [0.2, 0.25) is 11.9 Å². The van der Waals surface area contributed by atoms with E-state index in [0.29, 0.717) is 26.3 Å². The van der Waals surface area contributed by atoms with Gasteiger partial charge in [-0.1, -0.05) is 0 Å². The highest BCUT2D eigenvalue weighted by Crippen LogP contribution is 2.18. The molecule has 1 fully saturated rings. The Kier molecular flexibility index (Phi) is 3.88.